The average molecular weight is 280 g/mol. The lowest BCUT2D eigenvalue weighted by atomic mass is 9.98. The van der Waals surface area contributed by atoms with Crippen molar-refractivity contribution in [2.75, 3.05) is 0 Å². The fourth-order valence-corrected chi connectivity index (χ4v) is 1.94. The van der Waals surface area contributed by atoms with Gasteiger partial charge in [-0.3, -0.25) is 9.59 Å². The zero-order valence-electron chi connectivity index (χ0n) is 10.4. The predicted molar refractivity (Wildman–Crippen MR) is 68.6 cm³/mol. The molecule has 0 bridgehead atoms. The van der Waals surface area contributed by atoms with Crippen molar-refractivity contribution in [3.63, 3.8) is 0 Å². The van der Waals surface area contributed by atoms with Crippen LogP contribution in [0.25, 0.3) is 10.8 Å². The van der Waals surface area contributed by atoms with Crippen LogP contribution in [0.3, 0.4) is 0 Å². The molecule has 2 aromatic rings. The van der Waals surface area contributed by atoms with Gasteiger partial charge in [0, 0.05) is 12.0 Å². The third-order valence-corrected chi connectivity index (χ3v) is 2.92. The SMILES string of the molecule is O=C(CCC(F)(F)F)C(=O)c1cccc2ccccc12. The zero-order chi connectivity index (χ0) is 14.8. The molecule has 2 rings (SSSR count). The molecule has 0 aliphatic rings. The molecule has 0 fully saturated rings. The number of rotatable bonds is 4. The van der Waals surface area contributed by atoms with E-state index in [1.54, 1.807) is 36.4 Å². The van der Waals surface area contributed by atoms with Crippen molar-refractivity contribution in [1.82, 2.24) is 0 Å². The maximum atomic E-state index is 12.1. The third-order valence-electron chi connectivity index (χ3n) is 2.92. The minimum absolute atomic E-state index is 0.148. The number of alkyl halides is 3. The topological polar surface area (TPSA) is 34.1 Å². The molecule has 0 aromatic heterocycles. The van der Waals surface area contributed by atoms with E-state index in [0.717, 1.165) is 5.39 Å². The highest BCUT2D eigenvalue weighted by molar-refractivity contribution is 6.45. The molecule has 0 unspecified atom stereocenters. The molecule has 20 heavy (non-hydrogen) atoms. The van der Waals surface area contributed by atoms with Crippen LogP contribution in [-0.2, 0) is 4.79 Å². The number of benzene rings is 2. The Bertz CT molecular complexity index is 654. The molecule has 0 amide bonds. The predicted octanol–water partition coefficient (Wildman–Crippen LogP) is 3.93. The van der Waals surface area contributed by atoms with Gasteiger partial charge in [-0.2, -0.15) is 13.2 Å². The number of hydrogen-bond acceptors (Lipinski definition) is 2. The van der Waals surface area contributed by atoms with Crippen LogP contribution in [0.2, 0.25) is 0 Å². The molecule has 5 heteroatoms. The highest BCUT2D eigenvalue weighted by Gasteiger charge is 2.30. The summed E-state index contributed by atoms with van der Waals surface area (Å²) < 4.78 is 36.2. The Morgan fingerprint density at radius 1 is 0.950 bits per heavy atom. The number of ketones is 2. The van der Waals surface area contributed by atoms with Crippen LogP contribution in [0.5, 0.6) is 0 Å². The molecular weight excluding hydrogens is 269 g/mol. The van der Waals surface area contributed by atoms with Gasteiger partial charge in [0.25, 0.3) is 0 Å². The molecule has 0 saturated carbocycles. The van der Waals surface area contributed by atoms with Crippen LogP contribution in [0.4, 0.5) is 13.2 Å². The monoisotopic (exact) mass is 280 g/mol. The Kier molecular flexibility index (Phi) is 3.88. The third kappa shape index (κ3) is 3.23. The second-order valence-corrected chi connectivity index (χ2v) is 4.39. The number of halogens is 3. The Labute approximate surface area is 113 Å². The van der Waals surface area contributed by atoms with Crippen molar-refractivity contribution in [2.24, 2.45) is 0 Å². The van der Waals surface area contributed by atoms with E-state index in [1.165, 1.54) is 6.07 Å². The zero-order valence-corrected chi connectivity index (χ0v) is 10.4. The molecule has 0 aliphatic heterocycles. The summed E-state index contributed by atoms with van der Waals surface area (Å²) in [5, 5.41) is 1.34. The van der Waals surface area contributed by atoms with Gasteiger partial charge < -0.3 is 0 Å². The standard InChI is InChI=1S/C15H11F3O2/c16-15(17,18)9-8-13(19)14(20)12-7-3-5-10-4-1-2-6-11(10)12/h1-7H,8-9H2. The van der Waals surface area contributed by atoms with Gasteiger partial charge in [0.05, 0.1) is 6.42 Å². The fourth-order valence-electron chi connectivity index (χ4n) is 1.94. The van der Waals surface area contributed by atoms with Crippen molar-refractivity contribution in [3.05, 3.63) is 48.0 Å². The molecule has 2 aromatic carbocycles. The van der Waals surface area contributed by atoms with Crippen molar-refractivity contribution in [3.8, 4) is 0 Å². The van der Waals surface area contributed by atoms with Gasteiger partial charge in [-0.05, 0) is 10.8 Å². The lowest BCUT2D eigenvalue weighted by molar-refractivity contribution is -0.141. The number of hydrogen-bond donors (Lipinski definition) is 0. The van der Waals surface area contributed by atoms with E-state index in [-0.39, 0.29) is 5.56 Å². The van der Waals surface area contributed by atoms with Crippen LogP contribution in [0.1, 0.15) is 23.2 Å². The maximum Gasteiger partial charge on any atom is 0.389 e. The Balaban J connectivity index is 2.25. The van der Waals surface area contributed by atoms with Crippen molar-refractivity contribution >= 4 is 22.3 Å². The molecular formula is C15H11F3O2. The largest absolute Gasteiger partial charge is 0.389 e. The van der Waals surface area contributed by atoms with Crippen molar-refractivity contribution in [2.45, 2.75) is 19.0 Å². The van der Waals surface area contributed by atoms with Gasteiger partial charge in [0.2, 0.25) is 11.6 Å². The van der Waals surface area contributed by atoms with Crippen LogP contribution < -0.4 is 0 Å². The molecule has 0 saturated heterocycles. The van der Waals surface area contributed by atoms with Gasteiger partial charge in [0.15, 0.2) is 0 Å². The highest BCUT2D eigenvalue weighted by Crippen LogP contribution is 2.23. The molecule has 104 valence electrons. The minimum Gasteiger partial charge on any atom is -0.290 e. The van der Waals surface area contributed by atoms with Crippen LogP contribution in [-0.4, -0.2) is 17.7 Å². The van der Waals surface area contributed by atoms with Crippen LogP contribution in [0.15, 0.2) is 42.5 Å². The number of fused-ring (bicyclic) bond motifs is 1. The Morgan fingerprint density at radius 3 is 2.30 bits per heavy atom. The van der Waals surface area contributed by atoms with E-state index >= 15 is 0 Å². The average Bonchev–Trinajstić information content (AvgIpc) is 2.42. The Morgan fingerprint density at radius 2 is 1.60 bits per heavy atom. The normalized spacial score (nSPS) is 11.6. The molecule has 0 heterocycles. The number of Topliss-reactive ketones (excluding diaryl/α,β-unsaturated/α-hetero) is 2. The summed E-state index contributed by atoms with van der Waals surface area (Å²) in [4.78, 5) is 23.5. The summed E-state index contributed by atoms with van der Waals surface area (Å²) in [5.74, 6) is -1.88. The summed E-state index contributed by atoms with van der Waals surface area (Å²) >= 11 is 0. The van der Waals surface area contributed by atoms with E-state index in [1.807, 2.05) is 0 Å². The Hall–Kier alpha value is -2.17. The first-order chi connectivity index (χ1) is 9.38. The van der Waals surface area contributed by atoms with Gasteiger partial charge in [-0.25, -0.2) is 0 Å². The number of carbonyl (C=O) groups excluding carboxylic acids is 2. The van der Waals surface area contributed by atoms with Gasteiger partial charge in [-0.15, -0.1) is 0 Å². The lowest BCUT2D eigenvalue weighted by Crippen LogP contribution is -2.18. The summed E-state index contributed by atoms with van der Waals surface area (Å²) in [6.45, 7) is 0. The molecule has 0 spiro atoms. The van der Waals surface area contributed by atoms with Gasteiger partial charge in [-0.1, -0.05) is 42.5 Å². The smallest absolute Gasteiger partial charge is 0.290 e. The lowest BCUT2D eigenvalue weighted by Gasteiger charge is -2.07. The van der Waals surface area contributed by atoms with E-state index in [2.05, 4.69) is 0 Å². The summed E-state index contributed by atoms with van der Waals surface area (Å²) in [6, 6.07) is 11.8. The fraction of sp³-hybridized carbons (Fsp3) is 0.200. The molecule has 0 atom stereocenters. The van der Waals surface area contributed by atoms with E-state index in [4.69, 9.17) is 0 Å². The first-order valence-electron chi connectivity index (χ1n) is 6.00. The van der Waals surface area contributed by atoms with Crippen LogP contribution >= 0.6 is 0 Å². The van der Waals surface area contributed by atoms with E-state index in [0.29, 0.717) is 5.39 Å². The quantitative estimate of drug-likeness (QED) is 0.628. The maximum absolute atomic E-state index is 12.1. The van der Waals surface area contributed by atoms with E-state index in [9.17, 15) is 22.8 Å². The highest BCUT2D eigenvalue weighted by atomic mass is 19.4. The minimum atomic E-state index is -4.44. The van der Waals surface area contributed by atoms with Crippen molar-refractivity contribution < 1.29 is 22.8 Å². The first kappa shape index (κ1) is 14.2. The first-order valence-corrected chi connectivity index (χ1v) is 6.00. The second-order valence-electron chi connectivity index (χ2n) is 4.39. The van der Waals surface area contributed by atoms with Crippen molar-refractivity contribution in [1.29, 1.82) is 0 Å². The summed E-state index contributed by atoms with van der Waals surface area (Å²) in [6.07, 6.45) is -6.53. The molecule has 0 aliphatic carbocycles. The second kappa shape index (κ2) is 5.45. The van der Waals surface area contributed by atoms with Crippen LogP contribution in [0, 0.1) is 0 Å². The molecule has 0 radical (unpaired) electrons. The molecule has 2 nitrogen and oxygen atoms in total. The van der Waals surface area contributed by atoms with E-state index < -0.39 is 30.6 Å². The summed E-state index contributed by atoms with van der Waals surface area (Å²) in [7, 11) is 0. The van der Waals surface area contributed by atoms with Gasteiger partial charge in [0.1, 0.15) is 0 Å². The number of carbonyl (C=O) groups is 2. The van der Waals surface area contributed by atoms with Gasteiger partial charge >= 0.3 is 6.18 Å². The molecule has 0 N–H and O–H groups in total. The summed E-state index contributed by atoms with van der Waals surface area (Å²) in [5.41, 5.74) is 0.148.